The van der Waals surface area contributed by atoms with Gasteiger partial charge in [-0.25, -0.2) is 4.98 Å². The van der Waals surface area contributed by atoms with Crippen molar-refractivity contribution in [3.8, 4) is 16.2 Å². The Labute approximate surface area is 105 Å². The largest absolute Gasteiger partial charge is 0.497 e. The van der Waals surface area contributed by atoms with Gasteiger partial charge in [-0.2, -0.15) is 0 Å². The average molecular weight is 249 g/mol. The lowest BCUT2D eigenvalue weighted by atomic mass is 10.1. The molecule has 0 aliphatic heterocycles. The van der Waals surface area contributed by atoms with Crippen LogP contribution in [0.3, 0.4) is 0 Å². The molecule has 0 radical (unpaired) electrons. The van der Waals surface area contributed by atoms with E-state index < -0.39 is 0 Å². The smallest absolute Gasteiger partial charge is 0.118 e. The van der Waals surface area contributed by atoms with Crippen LogP contribution in [0.5, 0.6) is 5.75 Å². The molecular formula is C13H15NO2S. The van der Waals surface area contributed by atoms with Gasteiger partial charge in [0.15, 0.2) is 0 Å². The second-order valence-electron chi connectivity index (χ2n) is 3.72. The first-order chi connectivity index (χ1) is 8.24. The zero-order chi connectivity index (χ0) is 12.3. The molecule has 0 unspecified atom stereocenters. The van der Waals surface area contributed by atoms with Gasteiger partial charge in [-0.1, -0.05) is 0 Å². The van der Waals surface area contributed by atoms with E-state index in [1.165, 1.54) is 0 Å². The third-order valence-electron chi connectivity index (χ3n) is 2.52. The van der Waals surface area contributed by atoms with Gasteiger partial charge >= 0.3 is 0 Å². The van der Waals surface area contributed by atoms with E-state index in [0.29, 0.717) is 6.42 Å². The van der Waals surface area contributed by atoms with Gasteiger partial charge in [0.25, 0.3) is 0 Å². The number of rotatable bonds is 4. The minimum Gasteiger partial charge on any atom is -0.497 e. The number of aliphatic hydroxyl groups is 1. The molecular weight excluding hydrogens is 234 g/mol. The standard InChI is InChI=1S/C13H15NO2S/c1-9-13(17-12(14-9)7-8-15)10-3-5-11(16-2)6-4-10/h3-6,15H,7-8H2,1-2H3. The molecule has 0 spiro atoms. The van der Waals surface area contributed by atoms with Crippen LogP contribution >= 0.6 is 11.3 Å². The van der Waals surface area contributed by atoms with E-state index in [4.69, 9.17) is 9.84 Å². The van der Waals surface area contributed by atoms with Crippen molar-refractivity contribution in [2.45, 2.75) is 13.3 Å². The number of benzene rings is 1. The van der Waals surface area contributed by atoms with Gasteiger partial charge in [0.05, 0.1) is 22.7 Å². The van der Waals surface area contributed by atoms with Crippen LogP contribution in [0.25, 0.3) is 10.4 Å². The monoisotopic (exact) mass is 249 g/mol. The highest BCUT2D eigenvalue weighted by Gasteiger charge is 2.09. The van der Waals surface area contributed by atoms with Gasteiger partial charge in [-0.05, 0) is 36.8 Å². The van der Waals surface area contributed by atoms with E-state index in [-0.39, 0.29) is 6.61 Å². The number of ether oxygens (including phenoxy) is 1. The Morgan fingerprint density at radius 3 is 2.59 bits per heavy atom. The van der Waals surface area contributed by atoms with Crippen LogP contribution < -0.4 is 4.74 Å². The molecule has 0 aliphatic carbocycles. The van der Waals surface area contributed by atoms with Crippen molar-refractivity contribution >= 4 is 11.3 Å². The molecule has 17 heavy (non-hydrogen) atoms. The Hall–Kier alpha value is -1.39. The van der Waals surface area contributed by atoms with Gasteiger partial charge in [0, 0.05) is 13.0 Å². The Balaban J connectivity index is 2.31. The first kappa shape index (κ1) is 12.1. The summed E-state index contributed by atoms with van der Waals surface area (Å²) in [4.78, 5) is 5.61. The van der Waals surface area contributed by atoms with Crippen molar-refractivity contribution in [1.29, 1.82) is 0 Å². The molecule has 3 nitrogen and oxygen atoms in total. The van der Waals surface area contributed by atoms with Crippen molar-refractivity contribution in [1.82, 2.24) is 4.98 Å². The lowest BCUT2D eigenvalue weighted by molar-refractivity contribution is 0.299. The van der Waals surface area contributed by atoms with Gasteiger partial charge in [-0.15, -0.1) is 11.3 Å². The highest BCUT2D eigenvalue weighted by atomic mass is 32.1. The molecule has 1 N–H and O–H groups in total. The van der Waals surface area contributed by atoms with Crippen LogP contribution in [0.4, 0.5) is 0 Å². The van der Waals surface area contributed by atoms with Crippen LogP contribution in [-0.2, 0) is 6.42 Å². The summed E-state index contributed by atoms with van der Waals surface area (Å²) in [5.41, 5.74) is 2.16. The predicted molar refractivity (Wildman–Crippen MR) is 69.6 cm³/mol. The fourth-order valence-electron chi connectivity index (χ4n) is 1.67. The molecule has 0 saturated carbocycles. The summed E-state index contributed by atoms with van der Waals surface area (Å²) in [5.74, 6) is 0.853. The summed E-state index contributed by atoms with van der Waals surface area (Å²) in [7, 11) is 1.66. The minimum atomic E-state index is 0.148. The number of hydrogen-bond acceptors (Lipinski definition) is 4. The van der Waals surface area contributed by atoms with E-state index >= 15 is 0 Å². The Morgan fingerprint density at radius 1 is 1.29 bits per heavy atom. The van der Waals surface area contributed by atoms with Gasteiger partial charge in [0.2, 0.25) is 0 Å². The molecule has 1 aromatic carbocycles. The van der Waals surface area contributed by atoms with Crippen LogP contribution in [-0.4, -0.2) is 23.8 Å². The van der Waals surface area contributed by atoms with Crippen LogP contribution in [0.15, 0.2) is 24.3 Å². The van der Waals surface area contributed by atoms with Crippen LogP contribution in [0.2, 0.25) is 0 Å². The van der Waals surface area contributed by atoms with Crippen LogP contribution in [0, 0.1) is 6.92 Å². The summed E-state index contributed by atoms with van der Waals surface area (Å²) < 4.78 is 5.13. The fourth-order valence-corrected chi connectivity index (χ4v) is 2.72. The van der Waals surface area contributed by atoms with Crippen molar-refractivity contribution in [2.75, 3.05) is 13.7 Å². The van der Waals surface area contributed by atoms with Crippen molar-refractivity contribution in [3.63, 3.8) is 0 Å². The van der Waals surface area contributed by atoms with Gasteiger partial charge in [0.1, 0.15) is 5.75 Å². The topological polar surface area (TPSA) is 42.4 Å². The van der Waals surface area contributed by atoms with Crippen molar-refractivity contribution < 1.29 is 9.84 Å². The molecule has 0 atom stereocenters. The fraction of sp³-hybridized carbons (Fsp3) is 0.308. The third-order valence-corrected chi connectivity index (χ3v) is 3.79. The molecule has 0 aliphatic rings. The summed E-state index contributed by atoms with van der Waals surface area (Å²) >= 11 is 1.64. The minimum absolute atomic E-state index is 0.148. The van der Waals surface area contributed by atoms with E-state index in [9.17, 15) is 0 Å². The zero-order valence-corrected chi connectivity index (χ0v) is 10.8. The maximum absolute atomic E-state index is 8.91. The van der Waals surface area contributed by atoms with E-state index in [1.54, 1.807) is 18.4 Å². The van der Waals surface area contributed by atoms with Gasteiger partial charge < -0.3 is 9.84 Å². The number of aryl methyl sites for hydroxylation is 1. The summed E-state index contributed by atoms with van der Waals surface area (Å²) in [6.45, 7) is 2.14. The summed E-state index contributed by atoms with van der Waals surface area (Å²) in [6.07, 6.45) is 0.627. The van der Waals surface area contributed by atoms with E-state index in [1.807, 2.05) is 31.2 Å². The number of thiazole rings is 1. The highest BCUT2D eigenvalue weighted by molar-refractivity contribution is 7.15. The second-order valence-corrected chi connectivity index (χ2v) is 4.81. The lowest BCUT2D eigenvalue weighted by Gasteiger charge is -2.01. The quantitative estimate of drug-likeness (QED) is 0.905. The van der Waals surface area contributed by atoms with Crippen LogP contribution in [0.1, 0.15) is 10.7 Å². The Kier molecular flexibility index (Phi) is 3.76. The Bertz CT molecular complexity index is 491. The predicted octanol–water partition coefficient (Wildman–Crippen LogP) is 2.66. The average Bonchev–Trinajstić information content (AvgIpc) is 2.71. The molecule has 90 valence electrons. The number of methoxy groups -OCH3 is 1. The van der Waals surface area contributed by atoms with Gasteiger partial charge in [-0.3, -0.25) is 0 Å². The van der Waals surface area contributed by atoms with E-state index in [0.717, 1.165) is 26.9 Å². The third kappa shape index (κ3) is 2.65. The molecule has 0 bridgehead atoms. The molecule has 0 amide bonds. The number of aliphatic hydroxyl groups excluding tert-OH is 1. The summed E-state index contributed by atoms with van der Waals surface area (Å²) in [6, 6.07) is 7.95. The molecule has 0 fully saturated rings. The normalized spacial score (nSPS) is 10.5. The second kappa shape index (κ2) is 5.29. The SMILES string of the molecule is COc1ccc(-c2sc(CCO)nc2C)cc1. The van der Waals surface area contributed by atoms with Crippen molar-refractivity contribution in [2.24, 2.45) is 0 Å². The lowest BCUT2D eigenvalue weighted by Crippen LogP contribution is -1.88. The molecule has 2 rings (SSSR count). The zero-order valence-electron chi connectivity index (χ0n) is 9.93. The molecule has 2 aromatic rings. The number of hydrogen-bond donors (Lipinski definition) is 1. The summed E-state index contributed by atoms with van der Waals surface area (Å²) in [5, 5.41) is 9.89. The highest BCUT2D eigenvalue weighted by Crippen LogP contribution is 2.31. The first-order valence-corrected chi connectivity index (χ1v) is 6.28. The maximum Gasteiger partial charge on any atom is 0.118 e. The maximum atomic E-state index is 8.91. The Morgan fingerprint density at radius 2 is 2.00 bits per heavy atom. The first-order valence-electron chi connectivity index (χ1n) is 5.46. The number of nitrogens with zero attached hydrogens (tertiary/aromatic N) is 1. The number of aromatic nitrogens is 1. The molecule has 4 heteroatoms. The molecule has 1 aromatic heterocycles. The van der Waals surface area contributed by atoms with E-state index in [2.05, 4.69) is 4.98 Å². The van der Waals surface area contributed by atoms with Crippen molar-refractivity contribution in [3.05, 3.63) is 35.0 Å². The molecule has 0 saturated heterocycles. The molecule has 1 heterocycles.